The summed E-state index contributed by atoms with van der Waals surface area (Å²) in [6, 6.07) is 20.4. The van der Waals surface area contributed by atoms with Crippen LogP contribution in [0.1, 0.15) is 36.8 Å². The molecule has 0 saturated heterocycles. The van der Waals surface area contributed by atoms with Gasteiger partial charge in [-0.3, -0.25) is 0 Å². The number of hydroxylamine groups is 2. The largest absolute Gasteiger partial charge is 0.392 e. The van der Waals surface area contributed by atoms with E-state index >= 15 is 0 Å². The summed E-state index contributed by atoms with van der Waals surface area (Å²) in [6.45, 7) is 0.342. The molecule has 26 heavy (non-hydrogen) atoms. The highest BCUT2D eigenvalue weighted by atomic mass is 16.5. The second-order valence-electron chi connectivity index (χ2n) is 6.93. The number of aryl methyl sites for hydroxylation is 2. The quantitative estimate of drug-likeness (QED) is 0.509. The van der Waals surface area contributed by atoms with Gasteiger partial charge in [0.05, 0.1) is 12.2 Å². The highest BCUT2D eigenvalue weighted by Gasteiger charge is 2.14. The van der Waals surface area contributed by atoms with Crippen molar-refractivity contribution in [1.29, 1.82) is 0 Å². The lowest BCUT2D eigenvalue weighted by Crippen LogP contribution is -2.35. The van der Waals surface area contributed by atoms with Crippen LogP contribution in [0.5, 0.6) is 0 Å². The van der Waals surface area contributed by atoms with Crippen LogP contribution in [-0.2, 0) is 12.8 Å². The summed E-state index contributed by atoms with van der Waals surface area (Å²) in [4.78, 5) is 0. The summed E-state index contributed by atoms with van der Waals surface area (Å²) in [7, 11) is 0. The molecule has 0 aliphatic rings. The van der Waals surface area contributed by atoms with Gasteiger partial charge in [0.2, 0.25) is 0 Å². The van der Waals surface area contributed by atoms with E-state index in [2.05, 4.69) is 24.3 Å². The van der Waals surface area contributed by atoms with E-state index in [0.717, 1.165) is 30.7 Å². The zero-order valence-electron chi connectivity index (χ0n) is 15.4. The van der Waals surface area contributed by atoms with Crippen molar-refractivity contribution in [3.8, 4) is 0 Å². The summed E-state index contributed by atoms with van der Waals surface area (Å²) in [5.74, 6) is 0. The molecule has 4 heteroatoms. The van der Waals surface area contributed by atoms with Crippen LogP contribution in [0, 0.1) is 0 Å². The Morgan fingerprint density at radius 3 is 1.42 bits per heavy atom. The molecule has 2 unspecified atom stereocenters. The van der Waals surface area contributed by atoms with Gasteiger partial charge in [-0.1, -0.05) is 60.7 Å². The molecule has 3 N–H and O–H groups in total. The van der Waals surface area contributed by atoms with Crippen molar-refractivity contribution in [3.05, 3.63) is 71.8 Å². The van der Waals surface area contributed by atoms with Gasteiger partial charge in [0.25, 0.3) is 0 Å². The first-order chi connectivity index (χ1) is 12.6. The van der Waals surface area contributed by atoms with E-state index in [-0.39, 0.29) is 13.1 Å². The molecule has 0 amide bonds. The van der Waals surface area contributed by atoms with Gasteiger partial charge in [0, 0.05) is 13.1 Å². The molecule has 0 bridgehead atoms. The Hall–Kier alpha value is -1.72. The van der Waals surface area contributed by atoms with E-state index in [1.54, 1.807) is 0 Å². The van der Waals surface area contributed by atoms with Crippen LogP contribution in [0.15, 0.2) is 60.7 Å². The summed E-state index contributed by atoms with van der Waals surface area (Å²) in [6.07, 6.45) is 3.70. The summed E-state index contributed by atoms with van der Waals surface area (Å²) < 4.78 is 0. The molecule has 0 spiro atoms. The van der Waals surface area contributed by atoms with Crippen LogP contribution in [0.2, 0.25) is 0 Å². The van der Waals surface area contributed by atoms with Gasteiger partial charge >= 0.3 is 0 Å². The van der Waals surface area contributed by atoms with E-state index in [1.165, 1.54) is 11.1 Å². The van der Waals surface area contributed by atoms with Crippen LogP contribution in [0.25, 0.3) is 0 Å². The first-order valence-corrected chi connectivity index (χ1v) is 9.51. The molecule has 0 aliphatic carbocycles. The van der Waals surface area contributed by atoms with Crippen molar-refractivity contribution < 1.29 is 15.4 Å². The highest BCUT2D eigenvalue weighted by molar-refractivity contribution is 5.15. The molecular formula is C22H31NO3. The minimum Gasteiger partial charge on any atom is -0.392 e. The smallest absolute Gasteiger partial charge is 0.0690 e. The fraction of sp³-hybridized carbons (Fsp3) is 0.455. The van der Waals surface area contributed by atoms with Gasteiger partial charge in [-0.2, -0.15) is 5.06 Å². The summed E-state index contributed by atoms with van der Waals surface area (Å²) in [5, 5.41) is 31.1. The van der Waals surface area contributed by atoms with E-state index in [1.807, 2.05) is 36.4 Å². The molecule has 0 aliphatic heterocycles. The van der Waals surface area contributed by atoms with Crippen molar-refractivity contribution in [2.75, 3.05) is 13.1 Å². The van der Waals surface area contributed by atoms with Gasteiger partial charge < -0.3 is 15.4 Å². The molecule has 0 aromatic heterocycles. The predicted molar refractivity (Wildman–Crippen MR) is 104 cm³/mol. The molecule has 142 valence electrons. The van der Waals surface area contributed by atoms with Gasteiger partial charge in [-0.25, -0.2) is 0 Å². The van der Waals surface area contributed by atoms with Crippen molar-refractivity contribution in [2.24, 2.45) is 0 Å². The summed E-state index contributed by atoms with van der Waals surface area (Å²) in [5.41, 5.74) is 2.52. The normalized spacial score (nSPS) is 13.7. The third-order valence-corrected chi connectivity index (χ3v) is 4.53. The maximum absolute atomic E-state index is 10.1. The Kier molecular flexibility index (Phi) is 9.35. The summed E-state index contributed by atoms with van der Waals surface area (Å²) >= 11 is 0. The van der Waals surface area contributed by atoms with Crippen LogP contribution < -0.4 is 0 Å². The first-order valence-electron chi connectivity index (χ1n) is 9.51. The van der Waals surface area contributed by atoms with E-state index < -0.39 is 12.2 Å². The van der Waals surface area contributed by atoms with Gasteiger partial charge in [-0.05, 0) is 49.7 Å². The van der Waals surface area contributed by atoms with Gasteiger partial charge in [-0.15, -0.1) is 0 Å². The maximum atomic E-state index is 10.1. The van der Waals surface area contributed by atoms with Gasteiger partial charge in [0.15, 0.2) is 0 Å². The minimum absolute atomic E-state index is 0.171. The molecule has 0 saturated carbocycles. The third kappa shape index (κ3) is 8.59. The molecule has 2 aromatic rings. The molecule has 4 nitrogen and oxygen atoms in total. The topological polar surface area (TPSA) is 63.9 Å². The minimum atomic E-state index is -0.583. The Balaban J connectivity index is 1.55. The molecule has 0 fully saturated rings. The number of benzene rings is 2. The molecule has 2 atom stereocenters. The van der Waals surface area contributed by atoms with Crippen LogP contribution in [0.4, 0.5) is 0 Å². The van der Waals surface area contributed by atoms with Crippen LogP contribution >= 0.6 is 0 Å². The lowest BCUT2D eigenvalue weighted by molar-refractivity contribution is -0.133. The second-order valence-corrected chi connectivity index (χ2v) is 6.93. The number of aliphatic hydroxyl groups is 2. The number of rotatable bonds is 12. The van der Waals surface area contributed by atoms with Crippen molar-refractivity contribution in [3.63, 3.8) is 0 Å². The number of nitrogens with zero attached hydrogens (tertiary/aromatic N) is 1. The molecule has 0 radical (unpaired) electrons. The highest BCUT2D eigenvalue weighted by Crippen LogP contribution is 2.09. The Labute approximate surface area is 156 Å². The Morgan fingerprint density at radius 1 is 0.654 bits per heavy atom. The lowest BCUT2D eigenvalue weighted by Gasteiger charge is -2.21. The molecular weight excluding hydrogens is 326 g/mol. The molecule has 0 heterocycles. The standard InChI is InChI=1S/C22H31NO3/c24-21(15-7-13-19-9-3-1-4-10-19)17-23(26)18-22(25)16-8-14-20-11-5-2-6-12-20/h1-6,9-12,21-22,24-26H,7-8,13-18H2. The van der Waals surface area contributed by atoms with Crippen LogP contribution in [-0.4, -0.2) is 45.8 Å². The SMILES string of the molecule is OC(CCCc1ccccc1)CN(O)CC(O)CCCc1ccccc1. The average molecular weight is 357 g/mol. The number of aliphatic hydroxyl groups excluding tert-OH is 2. The van der Waals surface area contributed by atoms with Crippen molar-refractivity contribution in [2.45, 2.75) is 50.7 Å². The number of hydrogen-bond acceptors (Lipinski definition) is 4. The third-order valence-electron chi connectivity index (χ3n) is 4.53. The Morgan fingerprint density at radius 2 is 1.04 bits per heavy atom. The fourth-order valence-electron chi connectivity index (χ4n) is 3.12. The van der Waals surface area contributed by atoms with E-state index in [4.69, 9.17) is 0 Å². The van der Waals surface area contributed by atoms with E-state index in [9.17, 15) is 15.4 Å². The Bertz CT molecular complexity index is 537. The average Bonchev–Trinajstić information content (AvgIpc) is 2.63. The van der Waals surface area contributed by atoms with Crippen molar-refractivity contribution in [1.82, 2.24) is 5.06 Å². The van der Waals surface area contributed by atoms with Crippen molar-refractivity contribution >= 4 is 0 Å². The van der Waals surface area contributed by atoms with E-state index in [0.29, 0.717) is 12.8 Å². The molecule has 2 aromatic carbocycles. The predicted octanol–water partition coefficient (Wildman–Crippen LogP) is 3.45. The fourth-order valence-corrected chi connectivity index (χ4v) is 3.12. The monoisotopic (exact) mass is 357 g/mol. The number of hydrogen-bond donors (Lipinski definition) is 3. The maximum Gasteiger partial charge on any atom is 0.0690 e. The zero-order valence-corrected chi connectivity index (χ0v) is 15.4. The van der Waals surface area contributed by atoms with Crippen LogP contribution in [0.3, 0.4) is 0 Å². The first kappa shape index (κ1) is 20.6. The van der Waals surface area contributed by atoms with Gasteiger partial charge in [0.1, 0.15) is 0 Å². The molecule has 2 rings (SSSR count). The lowest BCUT2D eigenvalue weighted by atomic mass is 10.1. The zero-order chi connectivity index (χ0) is 18.6. The second kappa shape index (κ2) is 11.8.